The predicted molar refractivity (Wildman–Crippen MR) is 35.9 cm³/mol. The third kappa shape index (κ3) is 1.48. The van der Waals surface area contributed by atoms with Crippen LogP contribution in [0.4, 0.5) is 0 Å². The lowest BCUT2D eigenvalue weighted by Gasteiger charge is -2.26. The maximum atomic E-state index is 2.41. The lowest BCUT2D eigenvalue weighted by Crippen LogP contribution is -2.30. The number of rotatable bonds is 0. The van der Waals surface area contributed by atoms with Crippen molar-refractivity contribution >= 4 is 0 Å². The number of hydrogen-bond acceptors (Lipinski definition) is 1. The normalized spacial score (nSPS) is 33.0. The Morgan fingerprint density at radius 1 is 1.50 bits per heavy atom. The van der Waals surface area contributed by atoms with Gasteiger partial charge in [0.15, 0.2) is 0 Å². The molecule has 1 heteroatoms. The highest BCUT2D eigenvalue weighted by Crippen LogP contribution is 2.12. The molecule has 1 fully saturated rings. The molecule has 0 radical (unpaired) electrons. The Morgan fingerprint density at radius 2 is 2.25 bits per heavy atom. The average Bonchev–Trinajstić information content (AvgIpc) is 1.64. The molecule has 1 rings (SSSR count). The molecule has 1 aliphatic heterocycles. The number of likely N-dealkylation sites (tertiary alicyclic amines) is 1. The quantitative estimate of drug-likeness (QED) is 0.458. The molecular formula is C7H15N. The molecular weight excluding hydrogens is 98.1 g/mol. The predicted octanol–water partition coefficient (Wildman–Crippen LogP) is 1.35. The van der Waals surface area contributed by atoms with Crippen molar-refractivity contribution in [2.75, 3.05) is 20.1 Å². The van der Waals surface area contributed by atoms with Gasteiger partial charge in [-0.2, -0.15) is 0 Å². The minimum Gasteiger partial charge on any atom is -0.306 e. The molecule has 0 bridgehead atoms. The third-order valence-corrected chi connectivity index (χ3v) is 1.86. The fourth-order valence-corrected chi connectivity index (χ4v) is 1.42. The summed E-state index contributed by atoms with van der Waals surface area (Å²) < 4.78 is 0. The first kappa shape index (κ1) is 6.09. The monoisotopic (exact) mass is 113 g/mol. The number of nitrogens with zero attached hydrogens (tertiary/aromatic N) is 1. The molecule has 0 aromatic heterocycles. The Hall–Kier alpha value is -0.0400. The van der Waals surface area contributed by atoms with Crippen LogP contribution in [0.5, 0.6) is 0 Å². The second kappa shape index (κ2) is 2.49. The summed E-state index contributed by atoms with van der Waals surface area (Å²) in [5, 5.41) is 0. The Labute approximate surface area is 51.7 Å². The highest BCUT2D eigenvalue weighted by atomic mass is 15.1. The van der Waals surface area contributed by atoms with Crippen molar-refractivity contribution in [2.45, 2.75) is 19.8 Å². The zero-order valence-corrected chi connectivity index (χ0v) is 5.85. The van der Waals surface area contributed by atoms with Crippen LogP contribution in [-0.4, -0.2) is 25.0 Å². The van der Waals surface area contributed by atoms with Crippen LogP contribution in [0.1, 0.15) is 19.8 Å². The fraction of sp³-hybridized carbons (Fsp3) is 1.00. The molecule has 0 spiro atoms. The van der Waals surface area contributed by atoms with Crippen molar-refractivity contribution in [3.63, 3.8) is 0 Å². The Bertz CT molecular complexity index is 62.8. The van der Waals surface area contributed by atoms with Crippen LogP contribution < -0.4 is 0 Å². The van der Waals surface area contributed by atoms with E-state index < -0.39 is 0 Å². The van der Waals surface area contributed by atoms with Crippen molar-refractivity contribution in [1.29, 1.82) is 0 Å². The largest absolute Gasteiger partial charge is 0.306 e. The lowest BCUT2D eigenvalue weighted by molar-refractivity contribution is 0.221. The molecule has 1 aliphatic rings. The van der Waals surface area contributed by atoms with Gasteiger partial charge in [-0.15, -0.1) is 0 Å². The van der Waals surface area contributed by atoms with Gasteiger partial charge >= 0.3 is 0 Å². The molecule has 48 valence electrons. The van der Waals surface area contributed by atoms with Crippen LogP contribution in [0, 0.1) is 5.92 Å². The molecule has 8 heavy (non-hydrogen) atoms. The summed E-state index contributed by atoms with van der Waals surface area (Å²) >= 11 is 0. The maximum absolute atomic E-state index is 2.41. The topological polar surface area (TPSA) is 3.24 Å². The molecule has 0 saturated carbocycles. The first-order valence-electron chi connectivity index (χ1n) is 3.47. The van der Waals surface area contributed by atoms with Gasteiger partial charge in [-0.25, -0.2) is 0 Å². The van der Waals surface area contributed by atoms with Crippen LogP contribution >= 0.6 is 0 Å². The molecule has 0 N–H and O–H groups in total. The smallest absolute Gasteiger partial charge is 0.000398 e. The van der Waals surface area contributed by atoms with Crippen molar-refractivity contribution < 1.29 is 0 Å². The van der Waals surface area contributed by atoms with Crippen LogP contribution in [-0.2, 0) is 0 Å². The van der Waals surface area contributed by atoms with Gasteiger partial charge in [0, 0.05) is 6.54 Å². The molecule has 0 aliphatic carbocycles. The van der Waals surface area contributed by atoms with Crippen LogP contribution in [0.15, 0.2) is 0 Å². The molecule has 0 amide bonds. The molecule has 1 heterocycles. The molecule has 1 atom stereocenters. The van der Waals surface area contributed by atoms with Crippen LogP contribution in [0.2, 0.25) is 0 Å². The van der Waals surface area contributed by atoms with Crippen molar-refractivity contribution in [2.24, 2.45) is 5.92 Å². The molecule has 0 aromatic carbocycles. The minimum absolute atomic E-state index is 0.939. The van der Waals surface area contributed by atoms with Crippen molar-refractivity contribution in [3.05, 3.63) is 0 Å². The van der Waals surface area contributed by atoms with Crippen LogP contribution in [0.25, 0.3) is 0 Å². The summed E-state index contributed by atoms with van der Waals surface area (Å²) in [5.41, 5.74) is 0. The highest BCUT2D eigenvalue weighted by Gasteiger charge is 2.11. The van der Waals surface area contributed by atoms with Gasteiger partial charge in [0.1, 0.15) is 0 Å². The third-order valence-electron chi connectivity index (χ3n) is 1.86. The van der Waals surface area contributed by atoms with Gasteiger partial charge in [-0.05, 0) is 32.4 Å². The van der Waals surface area contributed by atoms with E-state index in [2.05, 4.69) is 18.9 Å². The van der Waals surface area contributed by atoms with E-state index in [-0.39, 0.29) is 0 Å². The van der Waals surface area contributed by atoms with Gasteiger partial charge in [-0.3, -0.25) is 0 Å². The van der Waals surface area contributed by atoms with Crippen molar-refractivity contribution in [3.8, 4) is 0 Å². The fourth-order valence-electron chi connectivity index (χ4n) is 1.42. The van der Waals surface area contributed by atoms with E-state index in [9.17, 15) is 0 Å². The van der Waals surface area contributed by atoms with E-state index >= 15 is 0 Å². The summed E-state index contributed by atoms with van der Waals surface area (Å²) in [7, 11) is 2.20. The van der Waals surface area contributed by atoms with E-state index in [4.69, 9.17) is 0 Å². The summed E-state index contributed by atoms with van der Waals surface area (Å²) in [6.45, 7) is 4.94. The Balaban J connectivity index is 2.23. The SMILES string of the molecule is C[C@H]1CCCN(C)C1. The van der Waals surface area contributed by atoms with Gasteiger partial charge in [0.2, 0.25) is 0 Å². The van der Waals surface area contributed by atoms with Gasteiger partial charge in [0.05, 0.1) is 0 Å². The zero-order chi connectivity index (χ0) is 5.98. The summed E-state index contributed by atoms with van der Waals surface area (Å²) in [5.74, 6) is 0.939. The Kier molecular flexibility index (Phi) is 1.90. The summed E-state index contributed by atoms with van der Waals surface area (Å²) in [6, 6.07) is 0. The summed E-state index contributed by atoms with van der Waals surface area (Å²) in [6.07, 6.45) is 2.84. The lowest BCUT2D eigenvalue weighted by atomic mass is 10.0. The summed E-state index contributed by atoms with van der Waals surface area (Å²) in [4.78, 5) is 2.41. The van der Waals surface area contributed by atoms with E-state index in [1.807, 2.05) is 0 Å². The van der Waals surface area contributed by atoms with Crippen LogP contribution in [0.3, 0.4) is 0 Å². The number of piperidine rings is 1. The van der Waals surface area contributed by atoms with E-state index in [1.54, 1.807) is 0 Å². The van der Waals surface area contributed by atoms with Gasteiger partial charge in [0.25, 0.3) is 0 Å². The highest BCUT2D eigenvalue weighted by molar-refractivity contribution is 4.65. The van der Waals surface area contributed by atoms with Gasteiger partial charge in [-0.1, -0.05) is 6.92 Å². The first-order chi connectivity index (χ1) is 3.79. The second-order valence-corrected chi connectivity index (χ2v) is 3.01. The standard InChI is InChI=1S/C7H15N/c1-7-4-3-5-8(2)6-7/h7H,3-6H2,1-2H3/t7-/m0/s1. The molecule has 0 aromatic rings. The molecule has 1 saturated heterocycles. The van der Waals surface area contributed by atoms with Gasteiger partial charge < -0.3 is 4.90 Å². The first-order valence-corrected chi connectivity index (χ1v) is 3.47. The minimum atomic E-state index is 0.939. The second-order valence-electron chi connectivity index (χ2n) is 3.01. The molecule has 1 nitrogen and oxygen atoms in total. The van der Waals surface area contributed by atoms with E-state index in [0.717, 1.165) is 5.92 Å². The number of hydrogen-bond donors (Lipinski definition) is 0. The van der Waals surface area contributed by atoms with E-state index in [1.165, 1.54) is 25.9 Å². The molecule has 0 unspecified atom stereocenters. The van der Waals surface area contributed by atoms with Crippen molar-refractivity contribution in [1.82, 2.24) is 4.90 Å². The van der Waals surface area contributed by atoms with E-state index in [0.29, 0.717) is 0 Å². The Morgan fingerprint density at radius 3 is 2.62 bits per heavy atom. The maximum Gasteiger partial charge on any atom is 0.000398 e. The zero-order valence-electron chi connectivity index (χ0n) is 5.85. The average molecular weight is 113 g/mol.